The van der Waals surface area contributed by atoms with E-state index in [1.54, 1.807) is 11.0 Å². The summed E-state index contributed by atoms with van der Waals surface area (Å²) in [5.41, 5.74) is 2.80. The number of benzene rings is 1. The summed E-state index contributed by atoms with van der Waals surface area (Å²) in [5.74, 6) is 2.42. The number of hydrogen-bond acceptors (Lipinski definition) is 4. The molecule has 0 atom stereocenters. The Labute approximate surface area is 168 Å². The Hall–Kier alpha value is -2.41. The lowest BCUT2D eigenvalue weighted by molar-refractivity contribution is 0.172. The molecule has 28 heavy (non-hydrogen) atoms. The van der Waals surface area contributed by atoms with E-state index in [1.165, 1.54) is 11.1 Å². The first kappa shape index (κ1) is 20.3. The van der Waals surface area contributed by atoms with Gasteiger partial charge in [0.25, 0.3) is 0 Å². The SMILES string of the molecule is CCNC(=NCc1ncnn1C)N1CCN(Cc2ccc(C(C)C)cc2)CC1. The third kappa shape index (κ3) is 5.32. The minimum atomic E-state index is 0.543. The maximum Gasteiger partial charge on any atom is 0.194 e. The molecule has 0 radical (unpaired) electrons. The number of hydrogen-bond donors (Lipinski definition) is 1. The van der Waals surface area contributed by atoms with Crippen LogP contribution in [0.2, 0.25) is 0 Å². The van der Waals surface area contributed by atoms with Gasteiger partial charge < -0.3 is 10.2 Å². The van der Waals surface area contributed by atoms with Gasteiger partial charge in [0.2, 0.25) is 0 Å². The molecule has 0 aliphatic carbocycles. The number of aromatic nitrogens is 3. The van der Waals surface area contributed by atoms with Crippen LogP contribution >= 0.6 is 0 Å². The van der Waals surface area contributed by atoms with Gasteiger partial charge in [0.15, 0.2) is 5.96 Å². The summed E-state index contributed by atoms with van der Waals surface area (Å²) < 4.78 is 1.77. The van der Waals surface area contributed by atoms with Crippen molar-refractivity contribution >= 4 is 5.96 Å². The second-order valence-electron chi connectivity index (χ2n) is 7.63. The minimum absolute atomic E-state index is 0.543. The molecule has 1 aromatic heterocycles. The Morgan fingerprint density at radius 1 is 1.14 bits per heavy atom. The van der Waals surface area contributed by atoms with Gasteiger partial charge in [-0.1, -0.05) is 38.1 Å². The molecular weight excluding hydrogens is 350 g/mol. The smallest absolute Gasteiger partial charge is 0.194 e. The van der Waals surface area contributed by atoms with Crippen molar-refractivity contribution < 1.29 is 0 Å². The van der Waals surface area contributed by atoms with Crippen LogP contribution in [-0.4, -0.2) is 63.2 Å². The summed E-state index contributed by atoms with van der Waals surface area (Å²) >= 11 is 0. The lowest BCUT2D eigenvalue weighted by atomic mass is 10.0. The summed E-state index contributed by atoms with van der Waals surface area (Å²) in [7, 11) is 1.90. The van der Waals surface area contributed by atoms with Gasteiger partial charge in [0, 0.05) is 46.3 Å². The monoisotopic (exact) mass is 383 g/mol. The highest BCUT2D eigenvalue weighted by Crippen LogP contribution is 2.16. The van der Waals surface area contributed by atoms with Crippen molar-refractivity contribution in [2.24, 2.45) is 12.0 Å². The van der Waals surface area contributed by atoms with Gasteiger partial charge >= 0.3 is 0 Å². The molecule has 1 saturated heterocycles. The number of nitrogens with zero attached hydrogens (tertiary/aromatic N) is 6. The van der Waals surface area contributed by atoms with E-state index < -0.39 is 0 Å². The normalized spacial score (nSPS) is 16.0. The van der Waals surface area contributed by atoms with Crippen LogP contribution in [0.25, 0.3) is 0 Å². The van der Waals surface area contributed by atoms with E-state index >= 15 is 0 Å². The second-order valence-corrected chi connectivity index (χ2v) is 7.63. The number of rotatable bonds is 6. The predicted octanol–water partition coefficient (Wildman–Crippen LogP) is 2.22. The zero-order valence-electron chi connectivity index (χ0n) is 17.6. The third-order valence-electron chi connectivity index (χ3n) is 5.23. The number of guanidine groups is 1. The zero-order chi connectivity index (χ0) is 19.9. The van der Waals surface area contributed by atoms with E-state index in [-0.39, 0.29) is 0 Å². The molecular formula is C21H33N7. The van der Waals surface area contributed by atoms with Gasteiger partial charge in [0.1, 0.15) is 18.7 Å². The fourth-order valence-corrected chi connectivity index (χ4v) is 3.42. The quantitative estimate of drug-likeness (QED) is 0.612. The number of aliphatic imine (C=N–C) groups is 1. The van der Waals surface area contributed by atoms with Gasteiger partial charge in [0.05, 0.1) is 0 Å². The van der Waals surface area contributed by atoms with Gasteiger partial charge in [-0.3, -0.25) is 9.58 Å². The van der Waals surface area contributed by atoms with Crippen LogP contribution < -0.4 is 5.32 Å². The molecule has 2 heterocycles. The third-order valence-corrected chi connectivity index (χ3v) is 5.23. The second kappa shape index (κ2) is 9.68. The predicted molar refractivity (Wildman–Crippen MR) is 113 cm³/mol. The minimum Gasteiger partial charge on any atom is -0.357 e. The summed E-state index contributed by atoms with van der Waals surface area (Å²) in [5, 5.41) is 7.53. The molecule has 1 N–H and O–H groups in total. The highest BCUT2D eigenvalue weighted by molar-refractivity contribution is 5.80. The van der Waals surface area contributed by atoms with Gasteiger partial charge in [-0.25, -0.2) is 9.98 Å². The summed E-state index contributed by atoms with van der Waals surface area (Å²) in [6, 6.07) is 9.07. The van der Waals surface area contributed by atoms with Crippen molar-refractivity contribution in [1.82, 2.24) is 29.9 Å². The van der Waals surface area contributed by atoms with Crippen molar-refractivity contribution in [1.29, 1.82) is 0 Å². The molecule has 0 bridgehead atoms. The molecule has 2 aromatic rings. The van der Waals surface area contributed by atoms with Crippen molar-refractivity contribution in [2.75, 3.05) is 32.7 Å². The topological polar surface area (TPSA) is 61.6 Å². The van der Waals surface area contributed by atoms with E-state index in [9.17, 15) is 0 Å². The first-order valence-corrected chi connectivity index (χ1v) is 10.2. The fraction of sp³-hybridized carbons (Fsp3) is 0.571. The summed E-state index contributed by atoms with van der Waals surface area (Å²) in [4.78, 5) is 13.9. The number of nitrogens with one attached hydrogen (secondary N) is 1. The Bertz CT molecular complexity index is 755. The molecule has 0 saturated carbocycles. The molecule has 7 heteroatoms. The van der Waals surface area contributed by atoms with Crippen LogP contribution in [0.3, 0.4) is 0 Å². The highest BCUT2D eigenvalue weighted by Gasteiger charge is 2.20. The van der Waals surface area contributed by atoms with Crippen LogP contribution in [0.1, 0.15) is 43.6 Å². The van der Waals surface area contributed by atoms with Gasteiger partial charge in [-0.15, -0.1) is 0 Å². The largest absolute Gasteiger partial charge is 0.357 e. The molecule has 1 fully saturated rings. The van der Waals surface area contributed by atoms with Crippen LogP contribution in [-0.2, 0) is 20.1 Å². The van der Waals surface area contributed by atoms with Crippen LogP contribution in [0.4, 0.5) is 0 Å². The standard InChI is InChI=1S/C21H33N7/c1-5-22-21(23-14-20-24-16-25-26(20)4)28-12-10-27(11-13-28)15-18-6-8-19(9-7-18)17(2)3/h6-9,16-17H,5,10-15H2,1-4H3,(H,22,23). The molecule has 0 spiro atoms. The molecule has 1 aliphatic rings. The lowest BCUT2D eigenvalue weighted by Crippen LogP contribution is -2.52. The molecule has 0 unspecified atom stereocenters. The lowest BCUT2D eigenvalue weighted by Gasteiger charge is -2.36. The van der Waals surface area contributed by atoms with Crippen molar-refractivity contribution in [2.45, 2.75) is 39.8 Å². The Morgan fingerprint density at radius 3 is 2.43 bits per heavy atom. The van der Waals surface area contributed by atoms with E-state index in [4.69, 9.17) is 4.99 Å². The van der Waals surface area contributed by atoms with E-state index in [0.29, 0.717) is 12.5 Å². The maximum atomic E-state index is 4.77. The summed E-state index contributed by atoms with van der Waals surface area (Å²) in [6.45, 7) is 13.0. The molecule has 152 valence electrons. The van der Waals surface area contributed by atoms with E-state index in [2.05, 4.69) is 70.2 Å². The zero-order valence-corrected chi connectivity index (χ0v) is 17.6. The van der Waals surface area contributed by atoms with Crippen molar-refractivity contribution in [3.8, 4) is 0 Å². The highest BCUT2D eigenvalue weighted by atomic mass is 15.4. The maximum absolute atomic E-state index is 4.77. The van der Waals surface area contributed by atoms with Gasteiger partial charge in [-0.05, 0) is 24.0 Å². The summed E-state index contributed by atoms with van der Waals surface area (Å²) in [6.07, 6.45) is 1.57. The number of piperazine rings is 1. The molecule has 1 aliphatic heterocycles. The van der Waals surface area contributed by atoms with E-state index in [0.717, 1.165) is 51.1 Å². The first-order valence-electron chi connectivity index (χ1n) is 10.2. The van der Waals surface area contributed by atoms with Crippen LogP contribution in [0, 0.1) is 0 Å². The Balaban J connectivity index is 1.54. The number of aryl methyl sites for hydroxylation is 1. The fourth-order valence-electron chi connectivity index (χ4n) is 3.42. The first-order chi connectivity index (χ1) is 13.6. The average molecular weight is 384 g/mol. The molecule has 3 rings (SSSR count). The Morgan fingerprint density at radius 2 is 1.86 bits per heavy atom. The van der Waals surface area contributed by atoms with Gasteiger partial charge in [-0.2, -0.15) is 5.10 Å². The molecule has 7 nitrogen and oxygen atoms in total. The van der Waals surface area contributed by atoms with E-state index in [1.807, 2.05) is 7.05 Å². The molecule has 0 amide bonds. The van der Waals surface area contributed by atoms with Crippen LogP contribution in [0.5, 0.6) is 0 Å². The Kier molecular flexibility index (Phi) is 7.03. The van der Waals surface area contributed by atoms with Crippen molar-refractivity contribution in [3.63, 3.8) is 0 Å². The van der Waals surface area contributed by atoms with Crippen molar-refractivity contribution in [3.05, 3.63) is 47.5 Å². The molecule has 1 aromatic carbocycles. The van der Waals surface area contributed by atoms with Crippen LogP contribution in [0.15, 0.2) is 35.6 Å². The average Bonchev–Trinajstić information content (AvgIpc) is 3.11.